The minimum absolute atomic E-state index is 0.120. The summed E-state index contributed by atoms with van der Waals surface area (Å²) in [6.45, 7) is 7.02. The van der Waals surface area contributed by atoms with Crippen molar-refractivity contribution >= 4 is 11.6 Å². The molecule has 0 saturated carbocycles. The first-order chi connectivity index (χ1) is 11.6. The van der Waals surface area contributed by atoms with Gasteiger partial charge in [-0.25, -0.2) is 0 Å². The number of anilines is 1. The molecule has 7 nitrogen and oxygen atoms in total. The molecule has 0 aliphatic carbocycles. The monoisotopic (exact) mass is 335 g/mol. The van der Waals surface area contributed by atoms with Gasteiger partial charge in [0.05, 0.1) is 13.2 Å². The molecular weight excluding hydrogens is 306 g/mol. The number of carbonyl (C=O) groups excluding carboxylic acids is 1. The lowest BCUT2D eigenvalue weighted by molar-refractivity contribution is 0.0398. The van der Waals surface area contributed by atoms with E-state index < -0.39 is 0 Å². The minimum Gasteiger partial charge on any atom is -0.384 e. The van der Waals surface area contributed by atoms with Crippen LogP contribution in [0.25, 0.3) is 0 Å². The van der Waals surface area contributed by atoms with Gasteiger partial charge in [0.1, 0.15) is 5.69 Å². The van der Waals surface area contributed by atoms with E-state index in [1.807, 2.05) is 20.2 Å². The van der Waals surface area contributed by atoms with Gasteiger partial charge in [-0.1, -0.05) is 0 Å². The zero-order chi connectivity index (χ0) is 17.2. The Kier molecular flexibility index (Phi) is 7.94. The summed E-state index contributed by atoms with van der Waals surface area (Å²) in [7, 11) is 4.05. The van der Waals surface area contributed by atoms with Gasteiger partial charge in [0.2, 0.25) is 0 Å². The van der Waals surface area contributed by atoms with Gasteiger partial charge in [-0.2, -0.15) is 0 Å². The maximum Gasteiger partial charge on any atom is 0.269 e. The second-order valence-electron chi connectivity index (χ2n) is 6.22. The van der Waals surface area contributed by atoms with Crippen LogP contribution in [0.4, 0.5) is 5.69 Å². The molecule has 7 heteroatoms. The van der Waals surface area contributed by atoms with Gasteiger partial charge in [-0.15, -0.1) is 0 Å². The van der Waals surface area contributed by atoms with Crippen LogP contribution >= 0.6 is 0 Å². The molecule has 1 saturated heterocycles. The summed E-state index contributed by atoms with van der Waals surface area (Å²) in [5, 5.41) is 6.27. The molecule has 0 unspecified atom stereocenters. The Bertz CT molecular complexity index is 504. The van der Waals surface area contributed by atoms with Gasteiger partial charge < -0.3 is 20.3 Å². The number of hydrogen-bond acceptors (Lipinski definition) is 6. The summed E-state index contributed by atoms with van der Waals surface area (Å²) in [5.41, 5.74) is 1.38. The molecule has 1 aromatic rings. The minimum atomic E-state index is -0.120. The molecule has 24 heavy (non-hydrogen) atoms. The van der Waals surface area contributed by atoms with Crippen molar-refractivity contribution in [1.29, 1.82) is 0 Å². The quantitative estimate of drug-likeness (QED) is 0.641. The third-order valence-electron chi connectivity index (χ3n) is 3.92. The molecular formula is C17H29N5O2. The lowest BCUT2D eigenvalue weighted by atomic mass is 10.3. The summed E-state index contributed by atoms with van der Waals surface area (Å²) in [4.78, 5) is 20.8. The number of ether oxygens (including phenoxy) is 1. The number of nitrogens with zero attached hydrogens (tertiary/aromatic N) is 3. The maximum atomic E-state index is 12.1. The third-order valence-corrected chi connectivity index (χ3v) is 3.92. The zero-order valence-electron chi connectivity index (χ0n) is 14.8. The van der Waals surface area contributed by atoms with Crippen molar-refractivity contribution in [2.45, 2.75) is 6.42 Å². The fourth-order valence-electron chi connectivity index (χ4n) is 2.54. The largest absolute Gasteiger partial charge is 0.384 e. The first-order valence-corrected chi connectivity index (χ1v) is 8.58. The number of amides is 1. The number of rotatable bonds is 9. The SMILES string of the molecule is CN(C)CCCNC(=O)c1cc(NCCN2CCOCC2)ccn1. The van der Waals surface area contributed by atoms with E-state index in [2.05, 4.69) is 25.4 Å². The van der Waals surface area contributed by atoms with Crippen molar-refractivity contribution in [3.8, 4) is 0 Å². The van der Waals surface area contributed by atoms with Crippen molar-refractivity contribution in [1.82, 2.24) is 20.1 Å². The van der Waals surface area contributed by atoms with Gasteiger partial charge in [-0.3, -0.25) is 14.7 Å². The van der Waals surface area contributed by atoms with E-state index in [9.17, 15) is 4.79 Å². The lowest BCUT2D eigenvalue weighted by Gasteiger charge is -2.26. The predicted molar refractivity (Wildman–Crippen MR) is 95.5 cm³/mol. The highest BCUT2D eigenvalue weighted by Gasteiger charge is 2.10. The van der Waals surface area contributed by atoms with Crippen LogP contribution in [0.1, 0.15) is 16.9 Å². The van der Waals surface area contributed by atoms with Crippen LogP contribution in [-0.2, 0) is 4.74 Å². The first kappa shape index (κ1) is 18.6. The Hall–Kier alpha value is -1.70. The van der Waals surface area contributed by atoms with Gasteiger partial charge >= 0.3 is 0 Å². The Morgan fingerprint density at radius 1 is 1.33 bits per heavy atom. The van der Waals surface area contributed by atoms with Crippen molar-refractivity contribution in [3.05, 3.63) is 24.0 Å². The van der Waals surface area contributed by atoms with E-state index in [1.54, 1.807) is 12.3 Å². The summed E-state index contributed by atoms with van der Waals surface area (Å²) >= 11 is 0. The van der Waals surface area contributed by atoms with E-state index in [0.717, 1.165) is 58.0 Å². The highest BCUT2D eigenvalue weighted by Crippen LogP contribution is 2.08. The molecule has 1 aliphatic heterocycles. The maximum absolute atomic E-state index is 12.1. The normalized spacial score (nSPS) is 15.5. The topological polar surface area (TPSA) is 69.7 Å². The van der Waals surface area contributed by atoms with E-state index in [4.69, 9.17) is 4.74 Å². The van der Waals surface area contributed by atoms with Crippen LogP contribution in [0.3, 0.4) is 0 Å². The molecule has 2 N–H and O–H groups in total. The van der Waals surface area contributed by atoms with Gasteiger partial charge in [-0.05, 0) is 39.2 Å². The second kappa shape index (κ2) is 10.2. The third kappa shape index (κ3) is 6.82. The molecule has 134 valence electrons. The van der Waals surface area contributed by atoms with Crippen LogP contribution < -0.4 is 10.6 Å². The summed E-state index contributed by atoms with van der Waals surface area (Å²) in [5.74, 6) is -0.120. The standard InChI is InChI=1S/C17H29N5O2/c1-21(2)8-3-5-20-17(23)16-14-15(4-6-19-16)18-7-9-22-10-12-24-13-11-22/h4,6,14H,3,5,7-13H2,1-2H3,(H,18,19)(H,20,23). The van der Waals surface area contributed by atoms with E-state index in [1.165, 1.54) is 0 Å². The molecule has 0 radical (unpaired) electrons. The van der Waals surface area contributed by atoms with Crippen molar-refractivity contribution in [3.63, 3.8) is 0 Å². The molecule has 0 atom stereocenters. The Labute approximate surface area is 144 Å². The highest BCUT2D eigenvalue weighted by atomic mass is 16.5. The number of morpholine rings is 1. The smallest absolute Gasteiger partial charge is 0.269 e. The molecule has 1 aliphatic rings. The number of carbonyl (C=O) groups is 1. The second-order valence-corrected chi connectivity index (χ2v) is 6.22. The Morgan fingerprint density at radius 3 is 2.88 bits per heavy atom. The van der Waals surface area contributed by atoms with Crippen LogP contribution in [0.15, 0.2) is 18.3 Å². The average molecular weight is 335 g/mol. The van der Waals surface area contributed by atoms with E-state index in [-0.39, 0.29) is 5.91 Å². The van der Waals surface area contributed by atoms with Gasteiger partial charge in [0.25, 0.3) is 5.91 Å². The average Bonchev–Trinajstić information content (AvgIpc) is 2.59. The summed E-state index contributed by atoms with van der Waals surface area (Å²) in [6.07, 6.45) is 2.60. The van der Waals surface area contributed by atoms with Crippen molar-refractivity contribution < 1.29 is 9.53 Å². The van der Waals surface area contributed by atoms with Crippen LogP contribution in [0.5, 0.6) is 0 Å². The van der Waals surface area contributed by atoms with Crippen molar-refractivity contribution in [2.24, 2.45) is 0 Å². The Balaban J connectivity index is 1.72. The highest BCUT2D eigenvalue weighted by molar-refractivity contribution is 5.93. The number of hydrogen-bond donors (Lipinski definition) is 2. The molecule has 0 aromatic carbocycles. The fraction of sp³-hybridized carbons (Fsp3) is 0.647. The molecule has 2 heterocycles. The molecule has 1 aromatic heterocycles. The van der Waals surface area contributed by atoms with E-state index in [0.29, 0.717) is 12.2 Å². The van der Waals surface area contributed by atoms with Crippen LogP contribution in [-0.4, -0.2) is 87.3 Å². The predicted octanol–water partition coefficient (Wildman–Crippen LogP) is 0.507. The molecule has 1 amide bonds. The van der Waals surface area contributed by atoms with Crippen LogP contribution in [0.2, 0.25) is 0 Å². The van der Waals surface area contributed by atoms with Crippen LogP contribution in [0, 0.1) is 0 Å². The number of nitrogens with one attached hydrogen (secondary N) is 2. The van der Waals surface area contributed by atoms with E-state index >= 15 is 0 Å². The lowest BCUT2D eigenvalue weighted by Crippen LogP contribution is -2.39. The molecule has 0 spiro atoms. The van der Waals surface area contributed by atoms with Crippen molar-refractivity contribution in [2.75, 3.05) is 71.9 Å². The Morgan fingerprint density at radius 2 is 2.12 bits per heavy atom. The zero-order valence-corrected chi connectivity index (χ0v) is 14.8. The fourth-order valence-corrected chi connectivity index (χ4v) is 2.54. The number of aromatic nitrogens is 1. The molecule has 1 fully saturated rings. The molecule has 2 rings (SSSR count). The summed E-state index contributed by atoms with van der Waals surface area (Å²) in [6, 6.07) is 3.70. The first-order valence-electron chi connectivity index (χ1n) is 8.58. The molecule has 0 bridgehead atoms. The number of pyridine rings is 1. The van der Waals surface area contributed by atoms with Gasteiger partial charge in [0.15, 0.2) is 0 Å². The summed E-state index contributed by atoms with van der Waals surface area (Å²) < 4.78 is 5.34. The van der Waals surface area contributed by atoms with Gasteiger partial charge in [0, 0.05) is 44.6 Å².